The molecule has 6 heteroatoms. The van der Waals surface area contributed by atoms with Gasteiger partial charge in [0, 0.05) is 5.02 Å². The van der Waals surface area contributed by atoms with Crippen LogP contribution in [-0.4, -0.2) is 23.8 Å². The van der Waals surface area contributed by atoms with Gasteiger partial charge in [0.25, 0.3) is 0 Å². The minimum Gasteiger partial charge on any atom is -0.479 e. The SMILES string of the molecule is C=CCOC(=O)NC(C(=O)O)c1cccc(Cl)c1. The fraction of sp³-hybridized carbons (Fsp3) is 0.167. The smallest absolute Gasteiger partial charge is 0.408 e. The Morgan fingerprint density at radius 3 is 2.83 bits per heavy atom. The summed E-state index contributed by atoms with van der Waals surface area (Å²) in [5, 5.41) is 11.7. The zero-order chi connectivity index (χ0) is 13.5. The number of aliphatic carboxylic acids is 1. The summed E-state index contributed by atoms with van der Waals surface area (Å²) >= 11 is 5.76. The van der Waals surface area contributed by atoms with Gasteiger partial charge in [-0.2, -0.15) is 0 Å². The van der Waals surface area contributed by atoms with Crippen LogP contribution in [0.1, 0.15) is 11.6 Å². The number of carboxylic acids is 1. The molecule has 0 fully saturated rings. The van der Waals surface area contributed by atoms with Crippen LogP contribution in [0.5, 0.6) is 0 Å². The van der Waals surface area contributed by atoms with Crippen molar-refractivity contribution in [2.24, 2.45) is 0 Å². The first-order valence-electron chi connectivity index (χ1n) is 5.07. The van der Waals surface area contributed by atoms with Gasteiger partial charge in [-0.1, -0.05) is 36.4 Å². The number of carboxylic acid groups (broad SMARTS) is 1. The topological polar surface area (TPSA) is 75.6 Å². The Morgan fingerprint density at radius 1 is 1.56 bits per heavy atom. The van der Waals surface area contributed by atoms with Gasteiger partial charge in [0.05, 0.1) is 0 Å². The van der Waals surface area contributed by atoms with Crippen molar-refractivity contribution in [3.63, 3.8) is 0 Å². The summed E-state index contributed by atoms with van der Waals surface area (Å²) < 4.78 is 4.66. The van der Waals surface area contributed by atoms with E-state index in [2.05, 4.69) is 16.6 Å². The second-order valence-corrected chi connectivity index (χ2v) is 3.79. The molecule has 0 bridgehead atoms. The van der Waals surface area contributed by atoms with E-state index in [1.54, 1.807) is 18.2 Å². The molecule has 0 aliphatic heterocycles. The summed E-state index contributed by atoms with van der Waals surface area (Å²) in [6, 6.07) is 5.03. The predicted molar refractivity (Wildman–Crippen MR) is 66.5 cm³/mol. The van der Waals surface area contributed by atoms with Crippen molar-refractivity contribution in [3.8, 4) is 0 Å². The largest absolute Gasteiger partial charge is 0.479 e. The molecule has 0 radical (unpaired) electrons. The molecule has 0 aliphatic rings. The molecule has 5 nitrogen and oxygen atoms in total. The maximum Gasteiger partial charge on any atom is 0.408 e. The van der Waals surface area contributed by atoms with E-state index in [9.17, 15) is 9.59 Å². The normalized spacial score (nSPS) is 11.4. The van der Waals surface area contributed by atoms with Crippen LogP contribution in [0, 0.1) is 0 Å². The molecule has 18 heavy (non-hydrogen) atoms. The zero-order valence-corrected chi connectivity index (χ0v) is 10.2. The van der Waals surface area contributed by atoms with Crippen molar-refractivity contribution >= 4 is 23.7 Å². The van der Waals surface area contributed by atoms with Gasteiger partial charge in [0.2, 0.25) is 0 Å². The molecular weight excluding hydrogens is 258 g/mol. The lowest BCUT2D eigenvalue weighted by molar-refractivity contribution is -0.139. The van der Waals surface area contributed by atoms with Gasteiger partial charge in [0.15, 0.2) is 6.04 Å². The number of nitrogens with one attached hydrogen (secondary N) is 1. The van der Waals surface area contributed by atoms with Crippen LogP contribution in [-0.2, 0) is 9.53 Å². The molecule has 0 spiro atoms. The number of hydrogen-bond acceptors (Lipinski definition) is 3. The molecule has 0 saturated carbocycles. The van der Waals surface area contributed by atoms with Crippen LogP contribution >= 0.6 is 11.6 Å². The van der Waals surface area contributed by atoms with E-state index >= 15 is 0 Å². The Kier molecular flexibility index (Phi) is 5.20. The predicted octanol–water partition coefficient (Wildman–Crippen LogP) is 2.38. The molecule has 1 aromatic carbocycles. The number of alkyl carbamates (subject to hydrolysis) is 1. The lowest BCUT2D eigenvalue weighted by Crippen LogP contribution is -2.34. The third-order valence-electron chi connectivity index (χ3n) is 2.02. The van der Waals surface area contributed by atoms with Crippen molar-refractivity contribution < 1.29 is 19.4 Å². The summed E-state index contributed by atoms with van der Waals surface area (Å²) in [7, 11) is 0. The van der Waals surface area contributed by atoms with E-state index in [-0.39, 0.29) is 6.61 Å². The van der Waals surface area contributed by atoms with Crippen LogP contribution in [0.3, 0.4) is 0 Å². The van der Waals surface area contributed by atoms with Crippen molar-refractivity contribution in [2.45, 2.75) is 6.04 Å². The zero-order valence-electron chi connectivity index (χ0n) is 9.43. The maximum absolute atomic E-state index is 11.3. The highest BCUT2D eigenvalue weighted by atomic mass is 35.5. The maximum atomic E-state index is 11.3. The molecule has 96 valence electrons. The third kappa shape index (κ3) is 4.10. The minimum absolute atomic E-state index is 0.00766. The molecule has 2 N–H and O–H groups in total. The van der Waals surface area contributed by atoms with Gasteiger partial charge in [-0.25, -0.2) is 9.59 Å². The van der Waals surface area contributed by atoms with Gasteiger partial charge in [-0.3, -0.25) is 0 Å². The first kappa shape index (κ1) is 14.1. The van der Waals surface area contributed by atoms with Gasteiger partial charge in [-0.15, -0.1) is 0 Å². The average molecular weight is 270 g/mol. The van der Waals surface area contributed by atoms with Gasteiger partial charge < -0.3 is 15.2 Å². The number of carbonyl (C=O) groups is 2. The van der Waals surface area contributed by atoms with Crippen LogP contribution in [0.15, 0.2) is 36.9 Å². The van der Waals surface area contributed by atoms with Crippen LogP contribution in [0.25, 0.3) is 0 Å². The molecule has 1 unspecified atom stereocenters. The van der Waals surface area contributed by atoms with Crippen LogP contribution in [0.2, 0.25) is 5.02 Å². The van der Waals surface area contributed by atoms with Crippen molar-refractivity contribution in [1.29, 1.82) is 0 Å². The summed E-state index contributed by atoms with van der Waals surface area (Å²) in [5.74, 6) is -1.20. The fourth-order valence-corrected chi connectivity index (χ4v) is 1.47. The number of benzene rings is 1. The quantitative estimate of drug-likeness (QED) is 0.805. The summed E-state index contributed by atoms with van der Waals surface area (Å²) in [5.41, 5.74) is 0.366. The van der Waals surface area contributed by atoms with Crippen molar-refractivity contribution in [1.82, 2.24) is 5.32 Å². The Balaban J connectivity index is 2.80. The molecule has 1 aromatic rings. The number of carbonyl (C=O) groups excluding carboxylic acids is 1. The van der Waals surface area contributed by atoms with E-state index in [0.29, 0.717) is 10.6 Å². The van der Waals surface area contributed by atoms with E-state index in [1.807, 2.05) is 0 Å². The van der Waals surface area contributed by atoms with E-state index in [0.717, 1.165) is 0 Å². The van der Waals surface area contributed by atoms with E-state index in [1.165, 1.54) is 12.1 Å². The highest BCUT2D eigenvalue weighted by molar-refractivity contribution is 6.30. The lowest BCUT2D eigenvalue weighted by atomic mass is 10.1. The summed E-state index contributed by atoms with van der Waals surface area (Å²) in [6.45, 7) is 3.39. The highest BCUT2D eigenvalue weighted by Crippen LogP contribution is 2.18. The van der Waals surface area contributed by atoms with E-state index < -0.39 is 18.1 Å². The van der Waals surface area contributed by atoms with Crippen LogP contribution < -0.4 is 5.32 Å². The summed E-state index contributed by atoms with van der Waals surface area (Å²) in [4.78, 5) is 22.4. The first-order chi connectivity index (χ1) is 8.54. The molecule has 1 amide bonds. The standard InChI is InChI=1S/C12H12ClNO4/c1-2-6-18-12(17)14-10(11(15)16)8-4-3-5-9(13)7-8/h2-5,7,10H,1,6H2,(H,14,17)(H,15,16). The second-order valence-electron chi connectivity index (χ2n) is 3.36. The van der Waals surface area contributed by atoms with Crippen molar-refractivity contribution in [2.75, 3.05) is 6.61 Å². The number of halogens is 1. The third-order valence-corrected chi connectivity index (χ3v) is 2.26. The summed E-state index contributed by atoms with van der Waals surface area (Å²) in [6.07, 6.45) is 0.552. The van der Waals surface area contributed by atoms with Gasteiger partial charge >= 0.3 is 12.1 Å². The Hall–Kier alpha value is -2.01. The van der Waals surface area contributed by atoms with Gasteiger partial charge in [-0.05, 0) is 17.7 Å². The molecule has 0 aromatic heterocycles. The number of rotatable bonds is 5. The average Bonchev–Trinajstić information content (AvgIpc) is 2.33. The lowest BCUT2D eigenvalue weighted by Gasteiger charge is -2.14. The second kappa shape index (κ2) is 6.66. The Labute approximate surface area is 109 Å². The number of amides is 1. The van der Waals surface area contributed by atoms with Crippen molar-refractivity contribution in [3.05, 3.63) is 47.5 Å². The van der Waals surface area contributed by atoms with Crippen LogP contribution in [0.4, 0.5) is 4.79 Å². The number of ether oxygens (including phenoxy) is 1. The monoisotopic (exact) mass is 269 g/mol. The Bertz CT molecular complexity index is 461. The van der Waals surface area contributed by atoms with E-state index in [4.69, 9.17) is 16.7 Å². The highest BCUT2D eigenvalue weighted by Gasteiger charge is 2.22. The fourth-order valence-electron chi connectivity index (χ4n) is 1.27. The molecule has 0 aliphatic carbocycles. The number of hydrogen-bond donors (Lipinski definition) is 2. The first-order valence-corrected chi connectivity index (χ1v) is 5.45. The van der Waals surface area contributed by atoms with Gasteiger partial charge in [0.1, 0.15) is 6.61 Å². The molecule has 0 saturated heterocycles. The molecular formula is C12H12ClNO4. The molecule has 1 atom stereocenters. The Morgan fingerprint density at radius 2 is 2.28 bits per heavy atom. The molecule has 1 rings (SSSR count). The minimum atomic E-state index is -1.21. The molecule has 0 heterocycles.